The fourth-order valence-corrected chi connectivity index (χ4v) is 0. The molecule has 0 atom stereocenters. The van der Waals surface area contributed by atoms with Crippen LogP contribution in [-0.4, -0.2) is 25.8 Å². The molecule has 0 saturated heterocycles. The van der Waals surface area contributed by atoms with Gasteiger partial charge in [-0.05, 0) is 0 Å². The minimum absolute atomic E-state index is 0. The van der Waals surface area contributed by atoms with Gasteiger partial charge in [-0.3, -0.25) is 0 Å². The first-order valence-electron chi connectivity index (χ1n) is 0. The second kappa shape index (κ2) is 24.7. The summed E-state index contributed by atoms with van der Waals surface area (Å²) in [6.45, 7) is 0. The molecule has 4 heavy (non-hydrogen) atoms. The van der Waals surface area contributed by atoms with Crippen molar-refractivity contribution in [3.05, 3.63) is 0 Å². The topological polar surface area (TPSA) is 0 Å². The molecule has 0 N–H and O–H groups in total. The summed E-state index contributed by atoms with van der Waals surface area (Å²) in [5.41, 5.74) is 0. The van der Waals surface area contributed by atoms with Crippen molar-refractivity contribution >= 4 is 38.2 Å². The van der Waals surface area contributed by atoms with Gasteiger partial charge in [-0.25, -0.2) is 0 Å². The Balaban J connectivity index is 0. The van der Waals surface area contributed by atoms with Crippen LogP contribution in [0.2, 0.25) is 0 Å². The van der Waals surface area contributed by atoms with Crippen molar-refractivity contribution in [1.82, 2.24) is 0 Å². The molecular formula is H5AlBClLi. The van der Waals surface area contributed by atoms with Crippen LogP contribution in [0.3, 0.4) is 0 Å². The summed E-state index contributed by atoms with van der Waals surface area (Å²) in [4.78, 5) is 0. The van der Waals surface area contributed by atoms with E-state index in [2.05, 4.69) is 0 Å². The van der Waals surface area contributed by atoms with E-state index in [1.54, 1.807) is 0 Å². The predicted molar refractivity (Wildman–Crippen MR) is 24.1 cm³/mol. The zero-order valence-corrected chi connectivity index (χ0v) is 2.80. The first-order valence-corrected chi connectivity index (χ1v) is 0. The van der Waals surface area contributed by atoms with Gasteiger partial charge in [0.15, 0.2) is 17.4 Å². The summed E-state index contributed by atoms with van der Waals surface area (Å²) in [7, 11) is 0. The maximum absolute atomic E-state index is 0. The van der Waals surface area contributed by atoms with Gasteiger partial charge in [-0.1, -0.05) is 0 Å². The van der Waals surface area contributed by atoms with Crippen LogP contribution in [-0.2, 0) is 0 Å². The third-order valence-corrected chi connectivity index (χ3v) is 0. The SMILES string of the molecule is Cl.[AlH3].[B].[H-].[Li+]. The molecule has 0 nitrogen and oxygen atoms in total. The van der Waals surface area contributed by atoms with E-state index in [0.29, 0.717) is 0 Å². The van der Waals surface area contributed by atoms with Crippen molar-refractivity contribution in [2.75, 3.05) is 0 Å². The maximum atomic E-state index is 0. The van der Waals surface area contributed by atoms with Crippen molar-refractivity contribution in [2.45, 2.75) is 0 Å². The summed E-state index contributed by atoms with van der Waals surface area (Å²) in [6.07, 6.45) is 0. The monoisotopic (exact) mass is 85.0 g/mol. The van der Waals surface area contributed by atoms with E-state index in [1.807, 2.05) is 0 Å². The van der Waals surface area contributed by atoms with Crippen LogP contribution in [0, 0.1) is 0 Å². The van der Waals surface area contributed by atoms with E-state index in [9.17, 15) is 0 Å². The van der Waals surface area contributed by atoms with Crippen molar-refractivity contribution in [3.63, 3.8) is 0 Å². The number of hydrogen-bond donors (Lipinski definition) is 0. The molecule has 0 heterocycles. The van der Waals surface area contributed by atoms with E-state index in [4.69, 9.17) is 0 Å². The van der Waals surface area contributed by atoms with Gasteiger partial charge in [0.25, 0.3) is 0 Å². The van der Waals surface area contributed by atoms with E-state index < -0.39 is 0 Å². The molecule has 0 aliphatic rings. The first kappa shape index (κ1) is 50.0. The summed E-state index contributed by atoms with van der Waals surface area (Å²) < 4.78 is 0. The molecule has 0 saturated carbocycles. The average molecular weight is 85.2 g/mol. The average Bonchev–Trinajstić information content (AvgIpc) is 0. The van der Waals surface area contributed by atoms with Gasteiger partial charge in [0.1, 0.15) is 0 Å². The standard InChI is InChI=1S/Al.B.ClH.Li.4H/h;;1H;;;;;/q;;;+1;;;;-1. The summed E-state index contributed by atoms with van der Waals surface area (Å²) in [5.74, 6) is 0. The molecule has 0 spiro atoms. The molecule has 4 heteroatoms. The Bertz CT molecular complexity index is 11.6. The molecule has 0 unspecified atom stereocenters. The van der Waals surface area contributed by atoms with Crippen molar-refractivity contribution in [1.29, 1.82) is 0 Å². The largest absolute Gasteiger partial charge is 1.00 e. The van der Waals surface area contributed by atoms with Crippen LogP contribution in [0.25, 0.3) is 0 Å². The molecule has 0 bridgehead atoms. The minimum atomic E-state index is 0. The van der Waals surface area contributed by atoms with Crippen molar-refractivity contribution in [3.8, 4) is 0 Å². The number of rotatable bonds is 0. The summed E-state index contributed by atoms with van der Waals surface area (Å²) in [6, 6.07) is 0. The van der Waals surface area contributed by atoms with Crippen LogP contribution in [0.4, 0.5) is 0 Å². The van der Waals surface area contributed by atoms with E-state index in [-0.39, 0.29) is 58.5 Å². The van der Waals surface area contributed by atoms with E-state index in [0.717, 1.165) is 0 Å². The van der Waals surface area contributed by atoms with Gasteiger partial charge in [0.2, 0.25) is 0 Å². The van der Waals surface area contributed by atoms with Crippen LogP contribution < -0.4 is 18.9 Å². The molecule has 0 aromatic rings. The fraction of sp³-hybridized carbons (Fsp3) is 0. The van der Waals surface area contributed by atoms with Gasteiger partial charge in [-0.15, -0.1) is 12.4 Å². The van der Waals surface area contributed by atoms with Crippen LogP contribution in [0.15, 0.2) is 0 Å². The van der Waals surface area contributed by atoms with Crippen LogP contribution in [0.5, 0.6) is 0 Å². The zero-order valence-electron chi connectivity index (χ0n) is 2.99. The van der Waals surface area contributed by atoms with Crippen molar-refractivity contribution in [2.24, 2.45) is 0 Å². The summed E-state index contributed by atoms with van der Waals surface area (Å²) >= 11 is 0. The Labute approximate surface area is 58.5 Å². The van der Waals surface area contributed by atoms with Gasteiger partial charge < -0.3 is 1.43 Å². The molecule has 0 fully saturated rings. The van der Waals surface area contributed by atoms with Gasteiger partial charge in [0.05, 0.1) is 0 Å². The fourth-order valence-electron chi connectivity index (χ4n) is 0. The Kier molecular flexibility index (Phi) is 309. The van der Waals surface area contributed by atoms with Gasteiger partial charge in [-0.2, -0.15) is 0 Å². The Hall–Kier alpha value is 1.48. The maximum Gasteiger partial charge on any atom is 1.00 e. The molecular weight excluding hydrogens is 80.2 g/mol. The Morgan fingerprint density at radius 1 is 1.25 bits per heavy atom. The van der Waals surface area contributed by atoms with E-state index in [1.165, 1.54) is 0 Å². The predicted octanol–water partition coefficient (Wildman–Crippen LogP) is -4.03. The molecule has 0 aliphatic carbocycles. The quantitative estimate of drug-likeness (QED) is 0.263. The first-order chi connectivity index (χ1) is 0. The molecule has 19 valence electrons. The third-order valence-electron chi connectivity index (χ3n) is 0. The number of hydrogen-bond acceptors (Lipinski definition) is 0. The normalized spacial score (nSPS) is 0. The molecule has 0 amide bonds. The van der Waals surface area contributed by atoms with Gasteiger partial charge in [0, 0.05) is 8.41 Å². The Morgan fingerprint density at radius 3 is 1.25 bits per heavy atom. The molecule has 0 aromatic heterocycles. The minimum Gasteiger partial charge on any atom is -1.00 e. The number of halogens is 1. The van der Waals surface area contributed by atoms with E-state index >= 15 is 0 Å². The van der Waals surface area contributed by atoms with Gasteiger partial charge >= 0.3 is 18.9 Å². The van der Waals surface area contributed by atoms with Crippen LogP contribution in [0.1, 0.15) is 1.43 Å². The second-order valence-corrected chi connectivity index (χ2v) is 0. The van der Waals surface area contributed by atoms with Crippen LogP contribution >= 0.6 is 12.4 Å². The summed E-state index contributed by atoms with van der Waals surface area (Å²) in [5, 5.41) is 0. The molecule has 3 radical (unpaired) electrons. The zero-order chi connectivity index (χ0) is 0. The van der Waals surface area contributed by atoms with Crippen molar-refractivity contribution < 1.29 is 20.3 Å². The molecule has 0 aliphatic heterocycles. The second-order valence-electron chi connectivity index (χ2n) is 0. The Morgan fingerprint density at radius 2 is 1.25 bits per heavy atom. The third kappa shape index (κ3) is 9.76. The molecule has 0 rings (SSSR count). The smallest absolute Gasteiger partial charge is 1.00 e. The molecule has 0 aromatic carbocycles.